The summed E-state index contributed by atoms with van der Waals surface area (Å²) in [5, 5.41) is 11.3. The zero-order chi connectivity index (χ0) is 18.7. The van der Waals surface area contributed by atoms with Crippen molar-refractivity contribution in [3.05, 3.63) is 46.7 Å². The highest BCUT2D eigenvalue weighted by atomic mass is 32.1. The summed E-state index contributed by atoms with van der Waals surface area (Å²) in [6, 6.07) is 6.71. The molecule has 0 amide bonds. The molecule has 27 heavy (non-hydrogen) atoms. The van der Waals surface area contributed by atoms with Crippen LogP contribution in [-0.2, 0) is 13.0 Å². The molecule has 0 saturated carbocycles. The van der Waals surface area contributed by atoms with Gasteiger partial charge in [-0.3, -0.25) is 4.90 Å². The Hall–Kier alpha value is -1.50. The molecular weight excluding hydrogens is 361 g/mol. The van der Waals surface area contributed by atoms with Gasteiger partial charge in [0, 0.05) is 42.7 Å². The van der Waals surface area contributed by atoms with Crippen molar-refractivity contribution in [1.29, 1.82) is 0 Å². The lowest BCUT2D eigenvalue weighted by atomic mass is 9.75. The van der Waals surface area contributed by atoms with E-state index in [-0.39, 0.29) is 17.8 Å². The molecule has 2 saturated heterocycles. The number of thiazole rings is 1. The third-order valence-corrected chi connectivity index (χ3v) is 6.91. The number of aliphatic hydroxyl groups excluding tert-OH is 1. The van der Waals surface area contributed by atoms with Crippen LogP contribution in [0.4, 0.5) is 9.52 Å². The Morgan fingerprint density at radius 3 is 2.63 bits per heavy atom. The summed E-state index contributed by atoms with van der Waals surface area (Å²) in [6.07, 6.45) is 7.45. The van der Waals surface area contributed by atoms with Crippen LogP contribution in [0.15, 0.2) is 30.5 Å². The Bertz CT molecular complexity index is 744. The second kappa shape index (κ2) is 8.25. The summed E-state index contributed by atoms with van der Waals surface area (Å²) in [7, 11) is 0. The standard InChI is InChI=1S/C21H28FN3OS/c22-18-6-4-17(5-7-18)12-21(16-26)8-3-9-24(15-21)14-19-13-23-20(27-19)25-10-1-2-11-25/h4-7,13,26H,1-3,8-12,14-16H2. The fourth-order valence-corrected chi connectivity index (χ4v) is 5.46. The number of hydrogen-bond acceptors (Lipinski definition) is 5. The van der Waals surface area contributed by atoms with Crippen molar-refractivity contribution in [2.24, 2.45) is 5.41 Å². The maximum atomic E-state index is 13.2. The van der Waals surface area contributed by atoms with Crippen molar-refractivity contribution in [3.63, 3.8) is 0 Å². The Kier molecular flexibility index (Phi) is 5.76. The minimum absolute atomic E-state index is 0.140. The van der Waals surface area contributed by atoms with Crippen molar-refractivity contribution in [3.8, 4) is 0 Å². The van der Waals surface area contributed by atoms with Gasteiger partial charge in [-0.25, -0.2) is 9.37 Å². The second-order valence-corrected chi connectivity index (χ2v) is 9.17. The molecule has 6 heteroatoms. The van der Waals surface area contributed by atoms with Crippen LogP contribution in [0, 0.1) is 11.2 Å². The van der Waals surface area contributed by atoms with Gasteiger partial charge < -0.3 is 10.0 Å². The fraction of sp³-hybridized carbons (Fsp3) is 0.571. The minimum atomic E-state index is -0.207. The first kappa shape index (κ1) is 18.8. The molecule has 146 valence electrons. The zero-order valence-electron chi connectivity index (χ0n) is 15.7. The molecule has 0 aliphatic carbocycles. The highest BCUT2D eigenvalue weighted by Gasteiger charge is 2.35. The molecule has 1 unspecified atom stereocenters. The number of benzene rings is 1. The lowest BCUT2D eigenvalue weighted by Crippen LogP contribution is -2.46. The average molecular weight is 390 g/mol. The molecule has 0 bridgehead atoms. The number of aliphatic hydroxyl groups is 1. The van der Waals surface area contributed by atoms with Crippen LogP contribution >= 0.6 is 11.3 Å². The van der Waals surface area contributed by atoms with E-state index in [4.69, 9.17) is 0 Å². The molecule has 1 atom stereocenters. The number of nitrogens with zero attached hydrogens (tertiary/aromatic N) is 3. The fourth-order valence-electron chi connectivity index (χ4n) is 4.45. The van der Waals surface area contributed by atoms with Crippen molar-refractivity contribution in [2.75, 3.05) is 37.7 Å². The van der Waals surface area contributed by atoms with E-state index in [2.05, 4.69) is 14.8 Å². The van der Waals surface area contributed by atoms with Crippen LogP contribution in [0.5, 0.6) is 0 Å². The minimum Gasteiger partial charge on any atom is -0.396 e. The van der Waals surface area contributed by atoms with Crippen LogP contribution in [0.25, 0.3) is 0 Å². The van der Waals surface area contributed by atoms with E-state index in [0.717, 1.165) is 62.7 Å². The van der Waals surface area contributed by atoms with Crippen LogP contribution in [-0.4, -0.2) is 47.8 Å². The summed E-state index contributed by atoms with van der Waals surface area (Å²) in [6.45, 7) is 5.25. The van der Waals surface area contributed by atoms with Gasteiger partial charge in [0.15, 0.2) is 5.13 Å². The van der Waals surface area contributed by atoms with Crippen LogP contribution in [0.3, 0.4) is 0 Å². The molecule has 1 aromatic heterocycles. The topological polar surface area (TPSA) is 39.6 Å². The molecule has 3 heterocycles. The van der Waals surface area contributed by atoms with Crippen molar-refractivity contribution < 1.29 is 9.50 Å². The van der Waals surface area contributed by atoms with Crippen LogP contribution in [0.2, 0.25) is 0 Å². The van der Waals surface area contributed by atoms with Crippen LogP contribution in [0.1, 0.15) is 36.1 Å². The predicted molar refractivity (Wildman–Crippen MR) is 108 cm³/mol. The SMILES string of the molecule is OCC1(Cc2ccc(F)cc2)CCCN(Cc2cnc(N3CCCC3)s2)C1. The van der Waals surface area contributed by atoms with E-state index in [1.54, 1.807) is 11.3 Å². The maximum absolute atomic E-state index is 13.2. The summed E-state index contributed by atoms with van der Waals surface area (Å²) < 4.78 is 13.2. The summed E-state index contributed by atoms with van der Waals surface area (Å²) in [5.41, 5.74) is 0.958. The molecule has 2 aliphatic heterocycles. The lowest BCUT2D eigenvalue weighted by molar-refractivity contribution is 0.0292. The molecule has 1 aromatic carbocycles. The smallest absolute Gasteiger partial charge is 0.185 e. The number of aromatic nitrogens is 1. The highest BCUT2D eigenvalue weighted by molar-refractivity contribution is 7.15. The first-order valence-electron chi connectivity index (χ1n) is 9.93. The first-order valence-corrected chi connectivity index (χ1v) is 10.7. The molecule has 4 rings (SSSR count). The average Bonchev–Trinajstić information content (AvgIpc) is 3.36. The molecular formula is C21H28FN3OS. The van der Waals surface area contributed by atoms with Gasteiger partial charge in [-0.05, 0) is 56.3 Å². The number of anilines is 1. The molecule has 4 nitrogen and oxygen atoms in total. The number of halogens is 1. The van der Waals surface area contributed by atoms with E-state index in [1.807, 2.05) is 18.3 Å². The number of likely N-dealkylation sites (tertiary alicyclic amines) is 1. The molecule has 0 radical (unpaired) electrons. The van der Waals surface area contributed by atoms with E-state index in [0.29, 0.717) is 0 Å². The number of hydrogen-bond donors (Lipinski definition) is 1. The monoisotopic (exact) mass is 389 g/mol. The lowest BCUT2D eigenvalue weighted by Gasteiger charge is -2.42. The van der Waals surface area contributed by atoms with Crippen LogP contribution < -0.4 is 4.90 Å². The van der Waals surface area contributed by atoms with Gasteiger partial charge in [0.1, 0.15) is 5.82 Å². The zero-order valence-corrected chi connectivity index (χ0v) is 16.6. The Morgan fingerprint density at radius 2 is 1.89 bits per heavy atom. The van der Waals surface area contributed by atoms with E-state index < -0.39 is 0 Å². The third-order valence-electron chi connectivity index (χ3n) is 5.87. The third kappa shape index (κ3) is 4.50. The van der Waals surface area contributed by atoms with Gasteiger partial charge in [-0.1, -0.05) is 12.1 Å². The quantitative estimate of drug-likeness (QED) is 0.818. The van der Waals surface area contributed by atoms with Gasteiger partial charge in [0.25, 0.3) is 0 Å². The predicted octanol–water partition coefficient (Wildman–Crippen LogP) is 3.70. The number of piperidine rings is 1. The highest BCUT2D eigenvalue weighted by Crippen LogP contribution is 2.35. The van der Waals surface area contributed by atoms with Gasteiger partial charge in [-0.2, -0.15) is 0 Å². The maximum Gasteiger partial charge on any atom is 0.185 e. The molecule has 0 spiro atoms. The van der Waals surface area contributed by atoms with Gasteiger partial charge in [0.05, 0.1) is 6.61 Å². The van der Waals surface area contributed by atoms with E-state index in [9.17, 15) is 9.50 Å². The van der Waals surface area contributed by atoms with Gasteiger partial charge in [0.2, 0.25) is 0 Å². The largest absolute Gasteiger partial charge is 0.396 e. The summed E-state index contributed by atoms with van der Waals surface area (Å²) in [4.78, 5) is 10.8. The molecule has 2 aromatic rings. The van der Waals surface area contributed by atoms with E-state index >= 15 is 0 Å². The van der Waals surface area contributed by atoms with Crippen molar-refractivity contribution in [1.82, 2.24) is 9.88 Å². The van der Waals surface area contributed by atoms with E-state index in [1.165, 1.54) is 29.9 Å². The first-order chi connectivity index (χ1) is 13.2. The normalized spacial score (nSPS) is 23.9. The molecule has 1 N–H and O–H groups in total. The Balaban J connectivity index is 1.41. The summed E-state index contributed by atoms with van der Waals surface area (Å²) >= 11 is 1.81. The van der Waals surface area contributed by atoms with Gasteiger partial charge >= 0.3 is 0 Å². The Morgan fingerprint density at radius 1 is 1.11 bits per heavy atom. The second-order valence-electron chi connectivity index (χ2n) is 8.08. The number of rotatable bonds is 6. The summed E-state index contributed by atoms with van der Waals surface area (Å²) in [5.74, 6) is -0.207. The molecule has 2 aliphatic rings. The molecule has 2 fully saturated rings. The van der Waals surface area contributed by atoms with Crippen molar-refractivity contribution >= 4 is 16.5 Å². The van der Waals surface area contributed by atoms with Crippen molar-refractivity contribution in [2.45, 2.75) is 38.6 Å². The van der Waals surface area contributed by atoms with Gasteiger partial charge in [-0.15, -0.1) is 11.3 Å². The Labute approximate surface area is 164 Å².